The maximum Gasteiger partial charge on any atom is 0.255 e. The van der Waals surface area contributed by atoms with Crippen molar-refractivity contribution in [3.63, 3.8) is 0 Å². The zero-order valence-corrected chi connectivity index (χ0v) is 17.2. The van der Waals surface area contributed by atoms with Gasteiger partial charge in [0.05, 0.1) is 6.04 Å². The van der Waals surface area contributed by atoms with Crippen LogP contribution in [0.5, 0.6) is 0 Å². The molecule has 1 saturated carbocycles. The van der Waals surface area contributed by atoms with Crippen molar-refractivity contribution in [3.05, 3.63) is 29.8 Å². The van der Waals surface area contributed by atoms with E-state index in [2.05, 4.69) is 17.0 Å². The Kier molecular flexibility index (Phi) is 4.87. The molecule has 1 aromatic carbocycles. The highest BCUT2D eigenvalue weighted by molar-refractivity contribution is 6.06. The van der Waals surface area contributed by atoms with Gasteiger partial charge in [-0.3, -0.25) is 19.4 Å². The van der Waals surface area contributed by atoms with Gasteiger partial charge in [-0.2, -0.15) is 0 Å². The van der Waals surface area contributed by atoms with E-state index in [4.69, 9.17) is 5.73 Å². The van der Waals surface area contributed by atoms with Gasteiger partial charge in [0.25, 0.3) is 5.91 Å². The molecule has 2 amide bonds. The van der Waals surface area contributed by atoms with E-state index in [1.165, 1.54) is 63.7 Å². The third kappa shape index (κ3) is 3.17. The third-order valence-corrected chi connectivity index (χ3v) is 7.80. The quantitative estimate of drug-likeness (QED) is 0.800. The Bertz CT molecular complexity index is 783. The van der Waals surface area contributed by atoms with Crippen LogP contribution in [0.2, 0.25) is 0 Å². The van der Waals surface area contributed by atoms with Gasteiger partial charge in [-0.25, -0.2) is 0 Å². The first-order valence-corrected chi connectivity index (χ1v) is 11.3. The van der Waals surface area contributed by atoms with Crippen molar-refractivity contribution in [1.29, 1.82) is 0 Å². The van der Waals surface area contributed by atoms with Gasteiger partial charge < -0.3 is 10.6 Å². The van der Waals surface area contributed by atoms with Gasteiger partial charge in [0.2, 0.25) is 5.91 Å². The summed E-state index contributed by atoms with van der Waals surface area (Å²) >= 11 is 0. The lowest BCUT2D eigenvalue weighted by Crippen LogP contribution is -2.49. The second-order valence-electron chi connectivity index (χ2n) is 9.36. The fourth-order valence-electron chi connectivity index (χ4n) is 5.98. The van der Waals surface area contributed by atoms with Crippen LogP contribution in [0, 0.1) is 0 Å². The minimum atomic E-state index is -0.645. The van der Waals surface area contributed by atoms with Crippen molar-refractivity contribution in [2.45, 2.75) is 69.0 Å². The van der Waals surface area contributed by atoms with Gasteiger partial charge in [-0.1, -0.05) is 18.6 Å². The van der Waals surface area contributed by atoms with E-state index in [0.29, 0.717) is 5.41 Å². The van der Waals surface area contributed by atoms with Crippen molar-refractivity contribution < 1.29 is 9.59 Å². The fraction of sp³-hybridized carbons (Fsp3) is 0.652. The highest BCUT2D eigenvalue weighted by Crippen LogP contribution is 2.47. The summed E-state index contributed by atoms with van der Waals surface area (Å²) in [5.41, 5.74) is 8.17. The predicted molar refractivity (Wildman–Crippen MR) is 112 cm³/mol. The number of fused-ring (bicyclic) bond motifs is 1. The minimum Gasteiger partial charge on any atom is -0.367 e. The average molecular weight is 397 g/mol. The molecule has 6 nitrogen and oxygen atoms in total. The molecule has 0 bridgehead atoms. The Morgan fingerprint density at radius 1 is 1.03 bits per heavy atom. The molecule has 5 rings (SSSR count). The summed E-state index contributed by atoms with van der Waals surface area (Å²) in [5, 5.41) is 0. The molecule has 3 saturated heterocycles. The molecule has 3 aliphatic heterocycles. The number of nitrogens with two attached hydrogens (primary N) is 1. The first-order valence-electron chi connectivity index (χ1n) is 11.3. The highest BCUT2D eigenvalue weighted by Gasteiger charge is 2.51. The van der Waals surface area contributed by atoms with E-state index in [9.17, 15) is 9.59 Å². The number of hydrogen-bond donors (Lipinski definition) is 1. The maximum absolute atomic E-state index is 13.0. The number of carbonyl (C=O) groups is 2. The summed E-state index contributed by atoms with van der Waals surface area (Å²) < 4.78 is 0. The van der Waals surface area contributed by atoms with Crippen molar-refractivity contribution >= 4 is 17.5 Å². The van der Waals surface area contributed by atoms with E-state index in [-0.39, 0.29) is 11.9 Å². The van der Waals surface area contributed by atoms with Crippen LogP contribution in [0.15, 0.2) is 24.3 Å². The number of hydrogen-bond acceptors (Lipinski definition) is 4. The van der Waals surface area contributed by atoms with Crippen LogP contribution in [0.3, 0.4) is 0 Å². The summed E-state index contributed by atoms with van der Waals surface area (Å²) in [6.07, 6.45) is 8.82. The standard InChI is InChI=1S/C23H32N4O2/c24-20(28)21-26-15-3-5-19(26)22(29)27(21)18-8-6-17(7-9-18)23(10-4-11-23)12-16-25-13-1-2-14-25/h6-9,19,21H,1-5,10-16H2,(H2,24,28)/t19-,21?/m0/s1. The first-order chi connectivity index (χ1) is 14.1. The number of amides is 2. The number of benzene rings is 1. The number of primary amides is 1. The van der Waals surface area contributed by atoms with Gasteiger partial charge in [0.15, 0.2) is 6.17 Å². The van der Waals surface area contributed by atoms with E-state index in [0.717, 1.165) is 25.1 Å². The van der Waals surface area contributed by atoms with Gasteiger partial charge in [0, 0.05) is 12.2 Å². The van der Waals surface area contributed by atoms with E-state index in [1.54, 1.807) is 4.90 Å². The topological polar surface area (TPSA) is 69.9 Å². The molecule has 1 aliphatic carbocycles. The van der Waals surface area contributed by atoms with Crippen molar-refractivity contribution in [3.8, 4) is 0 Å². The van der Waals surface area contributed by atoms with Crippen molar-refractivity contribution in [1.82, 2.24) is 9.80 Å². The average Bonchev–Trinajstić information content (AvgIpc) is 3.40. The fourth-order valence-corrected chi connectivity index (χ4v) is 5.98. The maximum atomic E-state index is 13.0. The Morgan fingerprint density at radius 2 is 1.76 bits per heavy atom. The lowest BCUT2D eigenvalue weighted by molar-refractivity contribution is -0.122. The molecule has 3 heterocycles. The molecule has 2 atom stereocenters. The zero-order chi connectivity index (χ0) is 20.0. The van der Waals surface area contributed by atoms with Crippen molar-refractivity contribution in [2.24, 2.45) is 5.73 Å². The number of carbonyl (C=O) groups excluding carboxylic acids is 2. The van der Waals surface area contributed by atoms with Crippen molar-refractivity contribution in [2.75, 3.05) is 31.1 Å². The normalized spacial score (nSPS) is 29.2. The smallest absolute Gasteiger partial charge is 0.255 e. The number of rotatable bonds is 6. The van der Waals surface area contributed by atoms with Gasteiger partial charge in [-0.15, -0.1) is 0 Å². The molecule has 1 aromatic rings. The second-order valence-corrected chi connectivity index (χ2v) is 9.36. The van der Waals surface area contributed by atoms with Crippen LogP contribution in [0.1, 0.15) is 56.9 Å². The number of likely N-dealkylation sites (tertiary alicyclic amines) is 1. The molecule has 4 aliphatic rings. The largest absolute Gasteiger partial charge is 0.367 e. The Morgan fingerprint density at radius 3 is 2.38 bits per heavy atom. The van der Waals surface area contributed by atoms with Gasteiger partial charge in [-0.05, 0) is 87.7 Å². The highest BCUT2D eigenvalue weighted by atomic mass is 16.2. The molecule has 0 spiro atoms. The lowest BCUT2D eigenvalue weighted by atomic mass is 9.62. The monoisotopic (exact) mass is 396 g/mol. The summed E-state index contributed by atoms with van der Waals surface area (Å²) in [6, 6.07) is 8.24. The molecular formula is C23H32N4O2. The molecule has 0 radical (unpaired) electrons. The third-order valence-electron chi connectivity index (χ3n) is 7.80. The Hall–Kier alpha value is -1.92. The number of anilines is 1. The molecule has 6 heteroatoms. The van der Waals surface area contributed by atoms with Gasteiger partial charge in [0.1, 0.15) is 0 Å². The molecule has 1 unspecified atom stereocenters. The van der Waals surface area contributed by atoms with Crippen LogP contribution in [-0.4, -0.2) is 60.0 Å². The molecule has 156 valence electrons. The molecular weight excluding hydrogens is 364 g/mol. The van der Waals surface area contributed by atoms with E-state index >= 15 is 0 Å². The predicted octanol–water partition coefficient (Wildman–Crippen LogP) is 2.22. The Labute approximate surface area is 173 Å². The van der Waals surface area contributed by atoms with Crippen LogP contribution in [-0.2, 0) is 15.0 Å². The zero-order valence-electron chi connectivity index (χ0n) is 17.2. The number of nitrogens with zero attached hydrogens (tertiary/aromatic N) is 3. The molecule has 2 N–H and O–H groups in total. The van der Waals surface area contributed by atoms with Crippen LogP contribution in [0.4, 0.5) is 5.69 Å². The van der Waals surface area contributed by atoms with Crippen LogP contribution in [0.25, 0.3) is 0 Å². The SMILES string of the molecule is NC(=O)C1N(c2ccc(C3(CCN4CCCC4)CCC3)cc2)C(=O)[C@@H]2CCCN12. The van der Waals surface area contributed by atoms with Crippen LogP contribution < -0.4 is 10.6 Å². The molecule has 29 heavy (non-hydrogen) atoms. The summed E-state index contributed by atoms with van der Waals surface area (Å²) in [4.78, 5) is 31.3. The van der Waals surface area contributed by atoms with E-state index < -0.39 is 12.1 Å². The molecule has 4 fully saturated rings. The first kappa shape index (κ1) is 19.1. The second kappa shape index (κ2) is 7.40. The van der Waals surface area contributed by atoms with Gasteiger partial charge >= 0.3 is 0 Å². The van der Waals surface area contributed by atoms with Crippen LogP contribution >= 0.6 is 0 Å². The Balaban J connectivity index is 1.35. The van der Waals surface area contributed by atoms with E-state index in [1.807, 2.05) is 17.0 Å². The lowest BCUT2D eigenvalue weighted by Gasteiger charge is -2.43. The molecule has 0 aromatic heterocycles. The summed E-state index contributed by atoms with van der Waals surface area (Å²) in [7, 11) is 0. The minimum absolute atomic E-state index is 0.0199. The summed E-state index contributed by atoms with van der Waals surface area (Å²) in [6.45, 7) is 4.45. The summed E-state index contributed by atoms with van der Waals surface area (Å²) in [5.74, 6) is -0.417.